The highest BCUT2D eigenvalue weighted by molar-refractivity contribution is 6.08. The van der Waals surface area contributed by atoms with Crippen molar-refractivity contribution in [1.29, 1.82) is 0 Å². The van der Waals surface area contributed by atoms with Gasteiger partial charge in [-0.3, -0.25) is 0 Å². The summed E-state index contributed by atoms with van der Waals surface area (Å²) >= 11 is 0. The Labute approximate surface area is 84.9 Å². The summed E-state index contributed by atoms with van der Waals surface area (Å²) in [6.07, 6.45) is -0.0141. The molecular formula is C10H12BNO2. The Balaban J connectivity index is 2.24. The summed E-state index contributed by atoms with van der Waals surface area (Å²) in [5, 5.41) is 2.52. The summed E-state index contributed by atoms with van der Waals surface area (Å²) in [5.74, 6) is 0. The number of amides is 1. The fourth-order valence-corrected chi connectivity index (χ4v) is 0.948. The van der Waals surface area contributed by atoms with Crippen LogP contribution in [-0.2, 0) is 11.3 Å². The highest BCUT2D eigenvalue weighted by Gasteiger charge is 1.99. The van der Waals surface area contributed by atoms with Crippen molar-refractivity contribution in [2.75, 3.05) is 6.54 Å². The van der Waals surface area contributed by atoms with Gasteiger partial charge >= 0.3 is 6.09 Å². The van der Waals surface area contributed by atoms with Gasteiger partial charge in [-0.25, -0.2) is 4.79 Å². The predicted octanol–water partition coefficient (Wildman–Crippen LogP) is 1.50. The largest absolute Gasteiger partial charge is 0.445 e. The SMILES string of the molecule is [B]CCNC(=O)OCc1ccccc1. The second kappa shape index (κ2) is 6.08. The van der Waals surface area contributed by atoms with Crippen LogP contribution in [0.25, 0.3) is 0 Å². The number of ether oxygens (including phenoxy) is 1. The van der Waals surface area contributed by atoms with Gasteiger partial charge in [0.25, 0.3) is 0 Å². The Morgan fingerprint density at radius 1 is 1.36 bits per heavy atom. The molecule has 14 heavy (non-hydrogen) atoms. The molecule has 1 N–H and O–H groups in total. The van der Waals surface area contributed by atoms with E-state index >= 15 is 0 Å². The molecule has 72 valence electrons. The molecule has 3 nitrogen and oxygen atoms in total. The van der Waals surface area contributed by atoms with E-state index in [0.29, 0.717) is 12.9 Å². The molecule has 0 bridgehead atoms. The van der Waals surface area contributed by atoms with Gasteiger partial charge in [0.1, 0.15) is 6.61 Å². The van der Waals surface area contributed by atoms with Crippen molar-refractivity contribution in [3.63, 3.8) is 0 Å². The van der Waals surface area contributed by atoms with E-state index in [4.69, 9.17) is 12.6 Å². The van der Waals surface area contributed by atoms with E-state index in [1.54, 1.807) is 0 Å². The lowest BCUT2D eigenvalue weighted by molar-refractivity contribution is 0.140. The van der Waals surface area contributed by atoms with Crippen molar-refractivity contribution in [3.8, 4) is 0 Å². The minimum Gasteiger partial charge on any atom is -0.445 e. The van der Waals surface area contributed by atoms with Gasteiger partial charge in [0.2, 0.25) is 0 Å². The molecule has 1 aromatic carbocycles. The second-order valence-electron chi connectivity index (χ2n) is 2.78. The molecule has 0 spiro atoms. The van der Waals surface area contributed by atoms with Crippen LogP contribution in [0, 0.1) is 0 Å². The van der Waals surface area contributed by atoms with E-state index in [1.807, 2.05) is 30.3 Å². The third kappa shape index (κ3) is 3.98. The van der Waals surface area contributed by atoms with Crippen molar-refractivity contribution in [3.05, 3.63) is 35.9 Å². The van der Waals surface area contributed by atoms with Crippen LogP contribution < -0.4 is 5.32 Å². The van der Waals surface area contributed by atoms with E-state index in [-0.39, 0.29) is 6.61 Å². The van der Waals surface area contributed by atoms with Gasteiger partial charge in [0.05, 0.1) is 7.85 Å². The van der Waals surface area contributed by atoms with Crippen LogP contribution in [0.15, 0.2) is 30.3 Å². The van der Waals surface area contributed by atoms with E-state index in [1.165, 1.54) is 0 Å². The molecule has 0 fully saturated rings. The van der Waals surface area contributed by atoms with Gasteiger partial charge in [0.15, 0.2) is 0 Å². The molecule has 0 aliphatic heterocycles. The average Bonchev–Trinajstić information content (AvgIpc) is 2.25. The molecule has 4 heteroatoms. The zero-order valence-electron chi connectivity index (χ0n) is 7.90. The van der Waals surface area contributed by atoms with Gasteiger partial charge in [-0.2, -0.15) is 0 Å². The predicted molar refractivity (Wildman–Crippen MR) is 55.2 cm³/mol. The first kappa shape index (κ1) is 10.6. The summed E-state index contributed by atoms with van der Waals surface area (Å²) in [4.78, 5) is 11.0. The zero-order chi connectivity index (χ0) is 10.2. The highest BCUT2D eigenvalue weighted by atomic mass is 16.5. The third-order valence-electron chi connectivity index (χ3n) is 1.63. The van der Waals surface area contributed by atoms with Crippen molar-refractivity contribution in [2.45, 2.75) is 12.9 Å². The fourth-order valence-electron chi connectivity index (χ4n) is 0.948. The highest BCUT2D eigenvalue weighted by Crippen LogP contribution is 2.00. The molecule has 0 aliphatic carbocycles. The Kier molecular flexibility index (Phi) is 4.62. The van der Waals surface area contributed by atoms with Crippen LogP contribution in [-0.4, -0.2) is 20.5 Å². The van der Waals surface area contributed by atoms with Crippen LogP contribution >= 0.6 is 0 Å². The van der Waals surface area contributed by atoms with Crippen molar-refractivity contribution in [2.24, 2.45) is 0 Å². The van der Waals surface area contributed by atoms with E-state index in [0.717, 1.165) is 5.56 Å². The standard InChI is InChI=1S/C10H12BNO2/c11-6-7-12-10(13)14-8-9-4-2-1-3-5-9/h1-5H,6-8H2,(H,12,13). The topological polar surface area (TPSA) is 38.3 Å². The summed E-state index contributed by atoms with van der Waals surface area (Å²) in [5.41, 5.74) is 0.968. The lowest BCUT2D eigenvalue weighted by atomic mass is 10.1. The van der Waals surface area contributed by atoms with Crippen LogP contribution in [0.4, 0.5) is 4.79 Å². The van der Waals surface area contributed by atoms with Crippen LogP contribution in [0.3, 0.4) is 0 Å². The Morgan fingerprint density at radius 3 is 2.71 bits per heavy atom. The first-order valence-corrected chi connectivity index (χ1v) is 4.47. The normalized spacial score (nSPS) is 9.43. The summed E-state index contributed by atoms with van der Waals surface area (Å²) in [6, 6.07) is 9.51. The first-order chi connectivity index (χ1) is 6.83. The molecule has 0 saturated heterocycles. The Morgan fingerprint density at radius 2 is 2.07 bits per heavy atom. The molecular weight excluding hydrogens is 177 g/mol. The third-order valence-corrected chi connectivity index (χ3v) is 1.63. The molecule has 2 radical (unpaired) electrons. The smallest absolute Gasteiger partial charge is 0.407 e. The number of hydrogen-bond donors (Lipinski definition) is 1. The lowest BCUT2D eigenvalue weighted by Crippen LogP contribution is -2.24. The van der Waals surface area contributed by atoms with Crippen molar-refractivity contribution in [1.82, 2.24) is 5.32 Å². The van der Waals surface area contributed by atoms with Gasteiger partial charge in [0, 0.05) is 6.54 Å². The molecule has 1 amide bonds. The molecule has 0 aliphatic rings. The number of nitrogens with one attached hydrogen (secondary N) is 1. The molecule has 0 aromatic heterocycles. The van der Waals surface area contributed by atoms with Gasteiger partial charge in [-0.05, 0) is 5.56 Å². The Bertz CT molecular complexity index is 277. The van der Waals surface area contributed by atoms with E-state index in [9.17, 15) is 4.79 Å². The zero-order valence-corrected chi connectivity index (χ0v) is 7.90. The van der Waals surface area contributed by atoms with E-state index < -0.39 is 6.09 Å². The summed E-state index contributed by atoms with van der Waals surface area (Å²) < 4.78 is 4.92. The number of carbonyl (C=O) groups is 1. The first-order valence-electron chi connectivity index (χ1n) is 4.47. The second-order valence-corrected chi connectivity index (χ2v) is 2.78. The minimum atomic E-state index is -0.431. The van der Waals surface area contributed by atoms with E-state index in [2.05, 4.69) is 5.32 Å². The van der Waals surface area contributed by atoms with Gasteiger partial charge < -0.3 is 10.1 Å². The monoisotopic (exact) mass is 189 g/mol. The fraction of sp³-hybridized carbons (Fsp3) is 0.300. The Hall–Kier alpha value is -1.45. The molecule has 1 rings (SSSR count). The molecule has 0 atom stereocenters. The number of carbonyl (C=O) groups excluding carboxylic acids is 1. The maximum atomic E-state index is 11.0. The number of alkyl carbamates (subject to hydrolysis) is 1. The van der Waals surface area contributed by atoms with Crippen LogP contribution in [0.5, 0.6) is 0 Å². The molecule has 0 heterocycles. The number of benzene rings is 1. The maximum Gasteiger partial charge on any atom is 0.407 e. The molecule has 0 unspecified atom stereocenters. The van der Waals surface area contributed by atoms with Crippen LogP contribution in [0.1, 0.15) is 5.56 Å². The lowest BCUT2D eigenvalue weighted by Gasteiger charge is -2.05. The van der Waals surface area contributed by atoms with Gasteiger partial charge in [-0.1, -0.05) is 36.7 Å². The average molecular weight is 189 g/mol. The van der Waals surface area contributed by atoms with Crippen molar-refractivity contribution >= 4 is 13.9 Å². The minimum absolute atomic E-state index is 0.289. The molecule has 1 aromatic rings. The number of rotatable bonds is 4. The van der Waals surface area contributed by atoms with Crippen LogP contribution in [0.2, 0.25) is 6.32 Å². The summed E-state index contributed by atoms with van der Waals surface area (Å²) in [6.45, 7) is 0.727. The quantitative estimate of drug-likeness (QED) is 0.728. The number of hydrogen-bond acceptors (Lipinski definition) is 2. The molecule has 0 saturated carbocycles. The van der Waals surface area contributed by atoms with Crippen molar-refractivity contribution < 1.29 is 9.53 Å². The maximum absolute atomic E-state index is 11.0. The summed E-state index contributed by atoms with van der Waals surface area (Å²) in [7, 11) is 5.21. The van der Waals surface area contributed by atoms with Gasteiger partial charge in [-0.15, -0.1) is 0 Å².